The fourth-order valence-corrected chi connectivity index (χ4v) is 0.127. The van der Waals surface area contributed by atoms with Crippen LogP contribution < -0.4 is 11.5 Å². The lowest BCUT2D eigenvalue weighted by Gasteiger charge is -2.14. The van der Waals surface area contributed by atoms with Gasteiger partial charge in [-0.05, 0) is 6.92 Å². The summed E-state index contributed by atoms with van der Waals surface area (Å²) in [4.78, 5) is 10.2. The third-order valence-electron chi connectivity index (χ3n) is 0.547. The second kappa shape index (κ2) is 2.15. The van der Waals surface area contributed by atoms with E-state index in [0.29, 0.717) is 0 Å². The van der Waals surface area contributed by atoms with Gasteiger partial charge in [0.25, 0.3) is 0 Å². The Morgan fingerprint density at radius 3 is 2.12 bits per heavy atom. The largest absolute Gasteiger partial charge is 0.541 e. The highest BCUT2D eigenvalue weighted by Crippen LogP contribution is 1.88. The molecule has 0 aliphatic heterocycles. The van der Waals surface area contributed by atoms with Crippen molar-refractivity contribution in [2.45, 2.75) is 12.6 Å². The number of hydrogen-bond acceptors (Lipinski definition) is 4. The summed E-state index contributed by atoms with van der Waals surface area (Å²) >= 11 is 0. The average molecular weight is 114 g/mol. The van der Waals surface area contributed by atoms with Crippen molar-refractivity contribution in [2.75, 3.05) is 0 Å². The second-order valence-corrected chi connectivity index (χ2v) is 1.69. The van der Waals surface area contributed by atoms with Crippen molar-refractivity contribution < 1.29 is 9.45 Å². The van der Waals surface area contributed by atoms with Gasteiger partial charge in [0.2, 0.25) is 0 Å². The molecule has 0 heterocycles. The van der Waals surface area contributed by atoms with Gasteiger partial charge in [-0.3, -0.25) is 4.79 Å². The van der Waals surface area contributed by atoms with Gasteiger partial charge in [0.1, 0.15) is 0 Å². The molecule has 0 saturated heterocycles. The Labute approximate surface area is 48.6 Å². The summed E-state index contributed by atoms with van der Waals surface area (Å²) in [6.45, 7) is 1.29. The lowest BCUT2D eigenvalue weighted by atomic mass is 10.2. The van der Waals surface area contributed by atoms with Gasteiger partial charge in [0, 0.05) is 0 Å². The Morgan fingerprint density at radius 1 is 1.75 bits per heavy atom. The zero-order valence-electron chi connectivity index (χ0n) is 4.55. The minimum absolute atomic E-state index is 0.836. The van der Waals surface area contributed by atoms with Crippen LogP contribution in [0.1, 0.15) is 6.92 Å². The molecular formula is C3H7BN2O2. The fraction of sp³-hybridized carbons (Fsp3) is 0.667. The molecule has 0 unspecified atom stereocenters. The van der Waals surface area contributed by atoms with E-state index in [2.05, 4.69) is 12.7 Å². The second-order valence-electron chi connectivity index (χ2n) is 1.69. The lowest BCUT2D eigenvalue weighted by Crippen LogP contribution is -2.54. The molecule has 0 aromatic carbocycles. The quantitative estimate of drug-likeness (QED) is 0.313. The highest BCUT2D eigenvalue weighted by atomic mass is 16.5. The first-order chi connectivity index (χ1) is 3.48. The van der Waals surface area contributed by atoms with E-state index in [1.165, 1.54) is 6.92 Å². The Hall–Kier alpha value is -0.545. The first-order valence-corrected chi connectivity index (χ1v) is 1.97. The van der Waals surface area contributed by atoms with Crippen LogP contribution in [0.25, 0.3) is 0 Å². The summed E-state index contributed by atoms with van der Waals surface area (Å²) in [6.07, 6.45) is 0. The Balaban J connectivity index is 3.82. The molecule has 0 aliphatic rings. The molecule has 0 aromatic rings. The summed E-state index contributed by atoms with van der Waals surface area (Å²) in [5.74, 6) is -0.836. The van der Waals surface area contributed by atoms with Crippen LogP contribution in [0, 0.1) is 0 Å². The number of nitrogens with two attached hydrogens (primary N) is 2. The first-order valence-electron chi connectivity index (χ1n) is 1.97. The molecule has 0 aliphatic carbocycles. The Kier molecular flexibility index (Phi) is 2.00. The molecule has 0 atom stereocenters. The summed E-state index contributed by atoms with van der Waals surface area (Å²) < 4.78 is 3.73. The van der Waals surface area contributed by atoms with E-state index in [-0.39, 0.29) is 0 Å². The van der Waals surface area contributed by atoms with Crippen molar-refractivity contribution in [1.82, 2.24) is 0 Å². The van der Waals surface area contributed by atoms with Gasteiger partial charge in [0.05, 0.1) is 0 Å². The minimum atomic E-state index is -1.48. The van der Waals surface area contributed by atoms with Crippen molar-refractivity contribution in [3.8, 4) is 0 Å². The van der Waals surface area contributed by atoms with Crippen LogP contribution in [-0.4, -0.2) is 19.7 Å². The van der Waals surface area contributed by atoms with E-state index in [4.69, 9.17) is 11.5 Å². The summed E-state index contributed by atoms with van der Waals surface area (Å²) in [6, 6.07) is 0. The van der Waals surface area contributed by atoms with Crippen LogP contribution in [0.5, 0.6) is 0 Å². The first kappa shape index (κ1) is 7.45. The molecule has 5 heteroatoms. The van der Waals surface area contributed by atoms with Crippen LogP contribution in [-0.2, 0) is 9.45 Å². The molecule has 2 radical (unpaired) electrons. The normalized spacial score (nSPS) is 10.9. The zero-order valence-corrected chi connectivity index (χ0v) is 4.55. The average Bonchev–Trinajstić information content (AvgIpc) is 1.62. The Morgan fingerprint density at radius 2 is 2.12 bits per heavy atom. The molecular weight excluding hydrogens is 107 g/mol. The van der Waals surface area contributed by atoms with E-state index in [1.54, 1.807) is 0 Å². The van der Waals surface area contributed by atoms with Crippen molar-refractivity contribution in [3.63, 3.8) is 0 Å². The molecule has 0 amide bonds. The minimum Gasteiger partial charge on any atom is -0.541 e. The number of hydrogen-bond donors (Lipinski definition) is 2. The predicted octanol–water partition coefficient (Wildman–Crippen LogP) is -1.75. The zero-order chi connectivity index (χ0) is 6.78. The topological polar surface area (TPSA) is 78.3 Å². The molecule has 0 fully saturated rings. The maximum absolute atomic E-state index is 10.2. The van der Waals surface area contributed by atoms with Gasteiger partial charge < -0.3 is 16.1 Å². The lowest BCUT2D eigenvalue weighted by molar-refractivity contribution is -0.139. The van der Waals surface area contributed by atoms with Crippen molar-refractivity contribution in [3.05, 3.63) is 0 Å². The van der Waals surface area contributed by atoms with E-state index in [9.17, 15) is 4.79 Å². The van der Waals surface area contributed by atoms with Gasteiger partial charge in [-0.1, -0.05) is 0 Å². The summed E-state index contributed by atoms with van der Waals surface area (Å²) in [5, 5.41) is 0. The molecule has 0 bridgehead atoms. The molecule has 4 N–H and O–H groups in total. The monoisotopic (exact) mass is 114 g/mol. The van der Waals surface area contributed by atoms with Crippen LogP contribution in [0.3, 0.4) is 0 Å². The number of rotatable bonds is 1. The van der Waals surface area contributed by atoms with Crippen molar-refractivity contribution in [2.24, 2.45) is 11.5 Å². The fourth-order valence-electron chi connectivity index (χ4n) is 0.127. The molecule has 44 valence electrons. The van der Waals surface area contributed by atoms with Crippen LogP contribution >= 0.6 is 0 Å². The third-order valence-corrected chi connectivity index (χ3v) is 0.547. The van der Waals surface area contributed by atoms with Crippen LogP contribution in [0.4, 0.5) is 0 Å². The van der Waals surface area contributed by atoms with Crippen LogP contribution in [0.15, 0.2) is 0 Å². The van der Waals surface area contributed by atoms with E-state index in [0.717, 1.165) is 0 Å². The summed E-state index contributed by atoms with van der Waals surface area (Å²) in [5.41, 5.74) is 8.55. The smallest absolute Gasteiger partial charge is 0.378 e. The molecule has 8 heavy (non-hydrogen) atoms. The molecule has 0 saturated carbocycles. The van der Waals surface area contributed by atoms with Crippen molar-refractivity contribution in [1.29, 1.82) is 0 Å². The van der Waals surface area contributed by atoms with E-state index >= 15 is 0 Å². The molecule has 4 nitrogen and oxygen atoms in total. The van der Waals surface area contributed by atoms with Gasteiger partial charge in [-0.25, -0.2) is 0 Å². The third kappa shape index (κ3) is 1.95. The highest BCUT2D eigenvalue weighted by Gasteiger charge is 2.21. The van der Waals surface area contributed by atoms with E-state index < -0.39 is 11.6 Å². The molecule has 0 rings (SSSR count). The van der Waals surface area contributed by atoms with E-state index in [1.807, 2.05) is 0 Å². The predicted molar refractivity (Wildman–Crippen MR) is 28.6 cm³/mol. The highest BCUT2D eigenvalue weighted by molar-refractivity contribution is 6.06. The van der Waals surface area contributed by atoms with Gasteiger partial charge in [0.15, 0.2) is 5.66 Å². The standard InChI is InChI=1S/C3H7BN2O2/c1-3(5,6)2(7)8-4/h5-6H2,1H3. The number of carbonyl (C=O) groups is 1. The molecule has 0 aromatic heterocycles. The summed E-state index contributed by atoms with van der Waals surface area (Å²) in [7, 11) is 4.45. The number of carbonyl (C=O) groups excluding carboxylic acids is 1. The van der Waals surface area contributed by atoms with Gasteiger partial charge in [-0.15, -0.1) is 0 Å². The van der Waals surface area contributed by atoms with Crippen LogP contribution in [0.2, 0.25) is 0 Å². The van der Waals surface area contributed by atoms with Gasteiger partial charge in [-0.2, -0.15) is 0 Å². The van der Waals surface area contributed by atoms with Gasteiger partial charge >= 0.3 is 14.0 Å². The maximum Gasteiger partial charge on any atom is 0.378 e. The SMILES string of the molecule is [B]OC(=O)C(C)(N)N. The maximum atomic E-state index is 10.2. The molecule has 0 spiro atoms. The van der Waals surface area contributed by atoms with Crippen molar-refractivity contribution >= 4 is 14.0 Å². The Bertz CT molecular complexity index is 97.9.